The molecule has 0 saturated carbocycles. The Balaban J connectivity index is 0.000000896. The molecule has 1 atom stereocenters. The average Bonchev–Trinajstić information content (AvgIpc) is 2.61. The number of hydrogen-bond donors (Lipinski definition) is 3. The molecule has 1 aromatic rings. The van der Waals surface area contributed by atoms with Gasteiger partial charge >= 0.3 is 0 Å². The summed E-state index contributed by atoms with van der Waals surface area (Å²) in [6.45, 7) is 14.6. The molecule has 26 heavy (non-hydrogen) atoms. The Bertz CT molecular complexity index is 562. The summed E-state index contributed by atoms with van der Waals surface area (Å²) >= 11 is 0. The van der Waals surface area contributed by atoms with Crippen molar-refractivity contribution in [2.75, 3.05) is 6.54 Å². The van der Waals surface area contributed by atoms with Gasteiger partial charge in [0, 0.05) is 12.0 Å². The first kappa shape index (κ1) is 24.4. The Kier molecular flexibility index (Phi) is 12.7. The number of unbranched alkanes of at least 4 members (excludes halogenated alkanes) is 2. The molecule has 0 bridgehead atoms. The van der Waals surface area contributed by atoms with Gasteiger partial charge in [0.2, 0.25) is 0 Å². The molecule has 0 radical (unpaired) electrons. The topological polar surface area (TPSA) is 78.8 Å². The lowest BCUT2D eigenvalue weighted by atomic mass is 9.95. The first-order valence-electron chi connectivity index (χ1n) is 9.70. The van der Waals surface area contributed by atoms with Gasteiger partial charge in [-0.1, -0.05) is 46.6 Å². The highest BCUT2D eigenvalue weighted by molar-refractivity contribution is 5.76. The molecule has 0 saturated heterocycles. The minimum atomic E-state index is -0.475. The van der Waals surface area contributed by atoms with Crippen LogP contribution in [0.5, 0.6) is 5.75 Å². The van der Waals surface area contributed by atoms with Gasteiger partial charge in [-0.05, 0) is 62.2 Å². The fourth-order valence-corrected chi connectivity index (χ4v) is 2.50. The number of nitrogens with two attached hydrogens (primary N) is 1. The van der Waals surface area contributed by atoms with Gasteiger partial charge in [-0.15, -0.1) is 0 Å². The number of benzene rings is 1. The maximum absolute atomic E-state index is 10.2. The number of rotatable bonds is 9. The van der Waals surface area contributed by atoms with Crippen LogP contribution < -0.4 is 5.73 Å². The average molecular weight is 363 g/mol. The molecule has 0 amide bonds. The van der Waals surface area contributed by atoms with Crippen molar-refractivity contribution >= 4 is 18.0 Å². The molecule has 0 aromatic heterocycles. The van der Waals surface area contributed by atoms with E-state index in [-0.39, 0.29) is 11.7 Å². The van der Waals surface area contributed by atoms with Crippen LogP contribution in [0.3, 0.4) is 0 Å². The molecule has 4 nitrogen and oxygen atoms in total. The second-order valence-electron chi connectivity index (χ2n) is 6.96. The summed E-state index contributed by atoms with van der Waals surface area (Å²) in [5.41, 5.74) is 8.63. The van der Waals surface area contributed by atoms with Gasteiger partial charge in [-0.2, -0.15) is 0 Å². The fourth-order valence-electron chi connectivity index (χ4n) is 2.50. The predicted molar refractivity (Wildman–Crippen MR) is 114 cm³/mol. The molecule has 4 N–H and O–H groups in total. The molecule has 0 aliphatic heterocycles. The first-order valence-corrected chi connectivity index (χ1v) is 9.70. The Morgan fingerprint density at radius 2 is 1.92 bits per heavy atom. The van der Waals surface area contributed by atoms with E-state index in [1.807, 2.05) is 26.8 Å². The number of aliphatic imine (C=N–C) groups is 1. The van der Waals surface area contributed by atoms with Crippen LogP contribution in [-0.2, 0) is 6.42 Å². The van der Waals surface area contributed by atoms with Crippen LogP contribution in [0, 0.1) is 5.92 Å². The lowest BCUT2D eigenvalue weighted by Gasteiger charge is -2.17. The third kappa shape index (κ3) is 8.63. The van der Waals surface area contributed by atoms with Crippen LogP contribution >= 0.6 is 0 Å². The first-order chi connectivity index (χ1) is 12.3. The lowest BCUT2D eigenvalue weighted by molar-refractivity contribution is 0.125. The number of nitrogens with zero attached hydrogens (tertiary/aromatic N) is 1. The maximum atomic E-state index is 10.2. The molecule has 0 fully saturated rings. The molecular weight excluding hydrogens is 324 g/mol. The molecule has 1 unspecified atom stereocenters. The maximum Gasteiger partial charge on any atom is 0.119 e. The number of allylic oxidation sites excluding steroid dienone is 2. The minimum absolute atomic E-state index is 0.149. The molecule has 4 heteroatoms. The van der Waals surface area contributed by atoms with E-state index < -0.39 is 6.10 Å². The highest BCUT2D eigenvalue weighted by atomic mass is 16.3. The highest BCUT2D eigenvalue weighted by Crippen LogP contribution is 2.34. The van der Waals surface area contributed by atoms with Gasteiger partial charge in [-0.25, -0.2) is 0 Å². The van der Waals surface area contributed by atoms with E-state index in [0.717, 1.165) is 29.8 Å². The Morgan fingerprint density at radius 1 is 1.27 bits per heavy atom. The number of hydrogen-bond acceptors (Lipinski definition) is 4. The second-order valence-corrected chi connectivity index (χ2v) is 6.96. The quantitative estimate of drug-likeness (QED) is 0.415. The smallest absolute Gasteiger partial charge is 0.119 e. The van der Waals surface area contributed by atoms with Gasteiger partial charge in [0.25, 0.3) is 0 Å². The van der Waals surface area contributed by atoms with Crippen LogP contribution in [0.2, 0.25) is 0 Å². The summed E-state index contributed by atoms with van der Waals surface area (Å²) < 4.78 is 0. The molecule has 0 aliphatic carbocycles. The molecule has 0 spiro atoms. The van der Waals surface area contributed by atoms with Crippen molar-refractivity contribution in [3.63, 3.8) is 0 Å². The molecule has 0 heterocycles. The number of aliphatic hydroxyl groups is 1. The van der Waals surface area contributed by atoms with E-state index >= 15 is 0 Å². The normalized spacial score (nSPS) is 12.5. The zero-order valence-corrected chi connectivity index (χ0v) is 17.3. The van der Waals surface area contributed by atoms with Crippen molar-refractivity contribution in [3.05, 3.63) is 29.3 Å². The summed E-state index contributed by atoms with van der Waals surface area (Å²) in [7, 11) is 0. The van der Waals surface area contributed by atoms with Crippen molar-refractivity contribution in [3.8, 4) is 5.75 Å². The molecule has 0 aliphatic rings. The van der Waals surface area contributed by atoms with Crippen LogP contribution in [0.15, 0.2) is 23.2 Å². The van der Waals surface area contributed by atoms with Crippen molar-refractivity contribution in [1.29, 1.82) is 0 Å². The standard InChI is InChI=1S/C17H25NO2.C5H13N/c1-6-7-12(4)14-10-17(20)13(8-15(14)18-5)9-16(19)11(2)3;1-2-3-4-5-6/h7-8,10-11,16,19-20H,5-6,9H2,1-4H3;2-6H2,1H3/b12-7-;. The van der Waals surface area contributed by atoms with Crippen molar-refractivity contribution in [2.45, 2.75) is 72.8 Å². The largest absolute Gasteiger partial charge is 0.508 e. The number of aliphatic hydroxyl groups excluding tert-OH is 1. The summed E-state index contributed by atoms with van der Waals surface area (Å²) in [5.74, 6) is 0.354. The molecule has 1 rings (SSSR count). The Hall–Kier alpha value is -1.65. The summed E-state index contributed by atoms with van der Waals surface area (Å²) in [5, 5.41) is 20.1. The summed E-state index contributed by atoms with van der Waals surface area (Å²) in [6, 6.07) is 3.53. The third-order valence-corrected chi connectivity index (χ3v) is 4.31. The van der Waals surface area contributed by atoms with E-state index in [9.17, 15) is 10.2 Å². The summed E-state index contributed by atoms with van der Waals surface area (Å²) in [6.07, 6.45) is 6.72. The van der Waals surface area contributed by atoms with E-state index in [4.69, 9.17) is 5.73 Å². The Morgan fingerprint density at radius 3 is 2.35 bits per heavy atom. The lowest BCUT2D eigenvalue weighted by Crippen LogP contribution is -2.17. The minimum Gasteiger partial charge on any atom is -0.508 e. The van der Waals surface area contributed by atoms with Gasteiger partial charge in [0.1, 0.15) is 5.75 Å². The summed E-state index contributed by atoms with van der Waals surface area (Å²) in [4.78, 5) is 4.04. The van der Waals surface area contributed by atoms with Gasteiger partial charge in [0.05, 0.1) is 11.8 Å². The van der Waals surface area contributed by atoms with Crippen molar-refractivity contribution in [1.82, 2.24) is 0 Å². The molecule has 1 aromatic carbocycles. The van der Waals surface area contributed by atoms with Crippen LogP contribution in [0.25, 0.3) is 5.57 Å². The van der Waals surface area contributed by atoms with E-state index in [1.54, 1.807) is 6.07 Å². The zero-order chi connectivity index (χ0) is 20.1. The van der Waals surface area contributed by atoms with Crippen LogP contribution in [0.4, 0.5) is 5.69 Å². The number of aromatic hydroxyl groups is 1. The zero-order valence-electron chi connectivity index (χ0n) is 17.3. The monoisotopic (exact) mass is 362 g/mol. The SMILES string of the molecule is C=Nc1cc(CC(O)C(C)C)c(O)cc1/C(C)=C\CC.CCCCCN. The van der Waals surface area contributed by atoms with E-state index in [0.29, 0.717) is 12.0 Å². The van der Waals surface area contributed by atoms with Crippen molar-refractivity contribution in [2.24, 2.45) is 16.6 Å². The van der Waals surface area contributed by atoms with Gasteiger partial charge in [0.15, 0.2) is 0 Å². The fraction of sp³-hybridized carbons (Fsp3) is 0.591. The third-order valence-electron chi connectivity index (χ3n) is 4.31. The second kappa shape index (κ2) is 13.5. The molecular formula is C22H38N2O2. The van der Waals surface area contributed by atoms with Gasteiger partial charge in [-0.3, -0.25) is 4.99 Å². The van der Waals surface area contributed by atoms with Crippen LogP contribution in [0.1, 0.15) is 71.4 Å². The number of phenolic OH excluding ortho intramolecular Hbond substituents is 1. The number of phenols is 1. The van der Waals surface area contributed by atoms with Crippen LogP contribution in [-0.4, -0.2) is 29.6 Å². The molecule has 148 valence electrons. The Labute approximate surface area is 159 Å². The van der Waals surface area contributed by atoms with Crippen molar-refractivity contribution < 1.29 is 10.2 Å². The predicted octanol–water partition coefficient (Wildman–Crippen LogP) is 5.23. The van der Waals surface area contributed by atoms with Gasteiger partial charge < -0.3 is 15.9 Å². The van der Waals surface area contributed by atoms with E-state index in [2.05, 4.69) is 31.6 Å². The highest BCUT2D eigenvalue weighted by Gasteiger charge is 2.15. The van der Waals surface area contributed by atoms with E-state index in [1.165, 1.54) is 19.3 Å².